The first kappa shape index (κ1) is 35.2. The summed E-state index contributed by atoms with van der Waals surface area (Å²) in [6.45, 7) is 15.1. The van der Waals surface area contributed by atoms with E-state index in [0.29, 0.717) is 19.6 Å². The summed E-state index contributed by atoms with van der Waals surface area (Å²) in [7, 11) is 1.67. The number of aryl methyl sites for hydroxylation is 1. The average Bonchev–Trinajstić information content (AvgIpc) is 2.81. The minimum Gasteiger partial charge on any atom is -0.369 e. The van der Waals surface area contributed by atoms with Gasteiger partial charge in [0.05, 0.1) is 6.54 Å². The predicted octanol–water partition coefficient (Wildman–Crippen LogP) is 3.51. The molecule has 5 N–H and O–H groups in total. The third-order valence-corrected chi connectivity index (χ3v) is 5.46. The van der Waals surface area contributed by atoms with E-state index in [2.05, 4.69) is 22.3 Å². The van der Waals surface area contributed by atoms with Crippen LogP contribution in [-0.2, 0) is 25.5 Å². The van der Waals surface area contributed by atoms with Crippen LogP contribution in [0.5, 0.6) is 0 Å². The standard InChI is InChI=1S/C21H34N2O3S.C3H8N2O.C2H6/c1-6-7-13-22-20(25)21(4,5)26-14-12-17(3)23-27-19(24)15-18-10-8-16(2)9-11-18;1-5-2-3(4)6;1-2/h8-11,17,23H,6-7,12-15H2,1-5H3,(H,22,25);5H,2H2,1H3,(H2,4,6);1-2H3. The van der Waals surface area contributed by atoms with Gasteiger partial charge in [-0.3, -0.25) is 19.1 Å². The Labute approximate surface area is 217 Å². The van der Waals surface area contributed by atoms with Crippen LogP contribution in [0.4, 0.5) is 0 Å². The van der Waals surface area contributed by atoms with Gasteiger partial charge >= 0.3 is 0 Å². The van der Waals surface area contributed by atoms with Crippen molar-refractivity contribution in [3.63, 3.8) is 0 Å². The van der Waals surface area contributed by atoms with Crippen LogP contribution in [0, 0.1) is 6.92 Å². The van der Waals surface area contributed by atoms with Crippen LogP contribution in [0.3, 0.4) is 0 Å². The van der Waals surface area contributed by atoms with Crippen LogP contribution in [-0.4, -0.2) is 55.3 Å². The van der Waals surface area contributed by atoms with E-state index in [-0.39, 0.29) is 29.5 Å². The van der Waals surface area contributed by atoms with Crippen LogP contribution in [0.2, 0.25) is 0 Å². The topological polar surface area (TPSA) is 123 Å². The number of likely N-dealkylation sites (N-methyl/N-ethyl adjacent to an activating group) is 1. The van der Waals surface area contributed by atoms with Gasteiger partial charge in [0.15, 0.2) is 0 Å². The zero-order valence-electron chi connectivity index (χ0n) is 23.0. The zero-order chi connectivity index (χ0) is 27.3. The molecular weight excluding hydrogens is 464 g/mol. The van der Waals surface area contributed by atoms with Gasteiger partial charge in [0.1, 0.15) is 5.60 Å². The van der Waals surface area contributed by atoms with E-state index in [9.17, 15) is 14.4 Å². The maximum absolute atomic E-state index is 12.1. The first-order chi connectivity index (χ1) is 16.5. The maximum Gasteiger partial charge on any atom is 0.251 e. The lowest BCUT2D eigenvalue weighted by atomic mass is 10.1. The fourth-order valence-electron chi connectivity index (χ4n) is 2.46. The number of carbonyl (C=O) groups excluding carboxylic acids is 3. The average molecular weight is 513 g/mol. The summed E-state index contributed by atoms with van der Waals surface area (Å²) >= 11 is 1.14. The molecule has 0 fully saturated rings. The Morgan fingerprint density at radius 1 is 1.14 bits per heavy atom. The predicted molar refractivity (Wildman–Crippen MR) is 147 cm³/mol. The molecule has 202 valence electrons. The summed E-state index contributed by atoms with van der Waals surface area (Å²) in [5.41, 5.74) is 6.06. The minimum atomic E-state index is -0.845. The Bertz CT molecular complexity index is 712. The molecule has 1 aromatic rings. The highest BCUT2D eigenvalue weighted by atomic mass is 32.2. The summed E-state index contributed by atoms with van der Waals surface area (Å²) in [4.78, 5) is 33.9. The van der Waals surface area contributed by atoms with Crippen molar-refractivity contribution in [1.29, 1.82) is 0 Å². The van der Waals surface area contributed by atoms with E-state index in [4.69, 9.17) is 10.5 Å². The largest absolute Gasteiger partial charge is 0.369 e. The molecule has 0 spiro atoms. The summed E-state index contributed by atoms with van der Waals surface area (Å²) < 4.78 is 8.92. The molecule has 35 heavy (non-hydrogen) atoms. The quantitative estimate of drug-likeness (QED) is 0.222. The number of amides is 2. The normalized spacial score (nSPS) is 11.3. The molecule has 0 saturated heterocycles. The van der Waals surface area contributed by atoms with Gasteiger partial charge in [0.2, 0.25) is 11.0 Å². The molecule has 0 saturated carbocycles. The number of unbranched alkanes of at least 4 members (excludes halogenated alkanes) is 1. The fraction of sp³-hybridized carbons (Fsp3) is 0.654. The summed E-state index contributed by atoms with van der Waals surface area (Å²) in [6.07, 6.45) is 3.14. The third-order valence-electron chi connectivity index (χ3n) is 4.57. The molecule has 0 aliphatic carbocycles. The Balaban J connectivity index is 0. The highest BCUT2D eigenvalue weighted by Crippen LogP contribution is 2.12. The Morgan fingerprint density at radius 2 is 1.74 bits per heavy atom. The van der Waals surface area contributed by atoms with Crippen molar-refractivity contribution in [3.8, 4) is 0 Å². The number of rotatable bonds is 14. The van der Waals surface area contributed by atoms with Gasteiger partial charge in [-0.15, -0.1) is 0 Å². The molecule has 0 aliphatic rings. The molecule has 1 aromatic carbocycles. The Hall–Kier alpha value is -1.94. The number of primary amides is 1. The molecule has 1 unspecified atom stereocenters. The van der Waals surface area contributed by atoms with Crippen molar-refractivity contribution in [2.24, 2.45) is 5.73 Å². The molecule has 8 nitrogen and oxygen atoms in total. The molecule has 0 aromatic heterocycles. The van der Waals surface area contributed by atoms with Crippen molar-refractivity contribution in [3.05, 3.63) is 35.4 Å². The van der Waals surface area contributed by atoms with Crippen molar-refractivity contribution in [1.82, 2.24) is 15.4 Å². The second kappa shape index (κ2) is 21.4. The van der Waals surface area contributed by atoms with E-state index in [0.717, 1.165) is 36.8 Å². The van der Waals surface area contributed by atoms with Crippen LogP contribution < -0.4 is 21.1 Å². The lowest BCUT2D eigenvalue weighted by molar-refractivity contribution is -0.143. The number of carbonyl (C=O) groups is 3. The van der Waals surface area contributed by atoms with Gasteiger partial charge in [-0.1, -0.05) is 57.0 Å². The molecule has 1 atom stereocenters. The first-order valence-electron chi connectivity index (χ1n) is 12.4. The van der Waals surface area contributed by atoms with Crippen LogP contribution in [0.15, 0.2) is 24.3 Å². The third kappa shape index (κ3) is 20.0. The van der Waals surface area contributed by atoms with E-state index < -0.39 is 5.60 Å². The molecular formula is C26H48N4O4S. The van der Waals surface area contributed by atoms with Crippen LogP contribution in [0.1, 0.15) is 71.9 Å². The number of hydrogen-bond donors (Lipinski definition) is 4. The van der Waals surface area contributed by atoms with Gasteiger partial charge < -0.3 is 21.1 Å². The molecule has 0 bridgehead atoms. The highest BCUT2D eigenvalue weighted by molar-refractivity contribution is 8.12. The molecule has 9 heteroatoms. The summed E-state index contributed by atoms with van der Waals surface area (Å²) in [6, 6.07) is 8.11. The zero-order valence-corrected chi connectivity index (χ0v) is 23.8. The number of benzene rings is 1. The molecule has 1 rings (SSSR count). The van der Waals surface area contributed by atoms with Gasteiger partial charge in [0.25, 0.3) is 5.91 Å². The van der Waals surface area contributed by atoms with Crippen molar-refractivity contribution in [2.75, 3.05) is 26.7 Å². The van der Waals surface area contributed by atoms with Gasteiger partial charge in [0, 0.05) is 25.6 Å². The Morgan fingerprint density at radius 3 is 2.23 bits per heavy atom. The number of nitrogens with one attached hydrogen (secondary N) is 3. The number of ether oxygens (including phenoxy) is 1. The SMILES string of the molecule is CC.CCCCNC(=O)C(C)(C)OCCC(C)NSC(=O)Cc1ccc(C)cc1.CNCC(N)=O. The first-order valence-corrected chi connectivity index (χ1v) is 13.2. The molecule has 0 heterocycles. The van der Waals surface area contributed by atoms with Gasteiger partial charge in [-0.05, 0) is 65.1 Å². The van der Waals surface area contributed by atoms with E-state index in [1.165, 1.54) is 5.56 Å². The highest BCUT2D eigenvalue weighted by Gasteiger charge is 2.28. The monoisotopic (exact) mass is 512 g/mol. The minimum absolute atomic E-state index is 0.0841. The van der Waals surface area contributed by atoms with Crippen LogP contribution >= 0.6 is 11.9 Å². The summed E-state index contributed by atoms with van der Waals surface area (Å²) in [5, 5.41) is 5.58. The smallest absolute Gasteiger partial charge is 0.251 e. The van der Waals surface area contributed by atoms with Gasteiger partial charge in [-0.25, -0.2) is 0 Å². The van der Waals surface area contributed by atoms with Gasteiger partial charge in [-0.2, -0.15) is 0 Å². The lowest BCUT2D eigenvalue weighted by Crippen LogP contribution is -2.45. The molecule has 0 aliphatic heterocycles. The number of nitrogens with two attached hydrogens (primary N) is 1. The lowest BCUT2D eigenvalue weighted by Gasteiger charge is -2.25. The maximum atomic E-state index is 12.1. The number of hydrogen-bond acceptors (Lipinski definition) is 7. The van der Waals surface area contributed by atoms with E-state index in [1.807, 2.05) is 52.0 Å². The van der Waals surface area contributed by atoms with E-state index in [1.54, 1.807) is 20.9 Å². The van der Waals surface area contributed by atoms with Crippen molar-refractivity contribution in [2.45, 2.75) is 85.8 Å². The summed E-state index contributed by atoms with van der Waals surface area (Å²) in [5.74, 6) is -0.406. The second-order valence-electron chi connectivity index (χ2n) is 8.41. The Kier molecular flexibility index (Phi) is 21.5. The van der Waals surface area contributed by atoms with E-state index >= 15 is 0 Å². The van der Waals surface area contributed by atoms with Crippen LogP contribution in [0.25, 0.3) is 0 Å². The molecule has 2 amide bonds. The second-order valence-corrected chi connectivity index (χ2v) is 9.30. The fourth-order valence-corrected chi connectivity index (χ4v) is 3.15. The molecule has 0 radical (unpaired) electrons. The van der Waals surface area contributed by atoms with Crippen molar-refractivity contribution >= 4 is 28.9 Å². The van der Waals surface area contributed by atoms with Crippen molar-refractivity contribution < 1.29 is 19.1 Å².